The van der Waals surface area contributed by atoms with Crippen LogP contribution in [0.3, 0.4) is 0 Å². The predicted molar refractivity (Wildman–Crippen MR) is 132 cm³/mol. The lowest BCUT2D eigenvalue weighted by atomic mass is 9.99. The van der Waals surface area contributed by atoms with Gasteiger partial charge in [-0.05, 0) is 68.0 Å². The van der Waals surface area contributed by atoms with Crippen LogP contribution in [0.1, 0.15) is 66.6 Å². The monoisotopic (exact) mass is 494 g/mol. The summed E-state index contributed by atoms with van der Waals surface area (Å²) in [5.41, 5.74) is 4.91. The van der Waals surface area contributed by atoms with Crippen molar-refractivity contribution >= 4 is 10.1 Å². The van der Waals surface area contributed by atoms with Gasteiger partial charge in [0.05, 0.1) is 22.6 Å². The smallest absolute Gasteiger partial charge is 0.296 e. The minimum Gasteiger partial charge on any atom is -0.459 e. The van der Waals surface area contributed by atoms with Gasteiger partial charge in [0.15, 0.2) is 0 Å². The Morgan fingerprint density at radius 1 is 0.800 bits per heavy atom. The average molecular weight is 495 g/mol. The zero-order valence-electron chi connectivity index (χ0n) is 20.0. The third-order valence-electron chi connectivity index (χ3n) is 6.40. The Morgan fingerprint density at radius 2 is 1.37 bits per heavy atom. The highest BCUT2D eigenvalue weighted by Crippen LogP contribution is 2.49. The summed E-state index contributed by atoms with van der Waals surface area (Å²) in [5.74, 6) is 1.62. The summed E-state index contributed by atoms with van der Waals surface area (Å²) in [7, 11) is -3.78. The number of rotatable bonds is 9. The van der Waals surface area contributed by atoms with Gasteiger partial charge < -0.3 is 9.47 Å². The topological polar surface area (TPSA) is 71.1 Å². The number of fused-ring (bicyclic) bond motifs is 6. The van der Waals surface area contributed by atoms with Crippen molar-refractivity contribution in [2.24, 2.45) is 0 Å². The SMILES string of the molecule is CCCCc1cccc2c1OC1OC2Oc2c(CCCOS(=O)(=O)c3ccc(C)cc3)cccc21. The van der Waals surface area contributed by atoms with Gasteiger partial charge in [-0.2, -0.15) is 8.42 Å². The van der Waals surface area contributed by atoms with Crippen LogP contribution < -0.4 is 9.47 Å². The molecule has 184 valence electrons. The molecule has 0 amide bonds. The number of aryl methyl sites for hydroxylation is 3. The van der Waals surface area contributed by atoms with Crippen molar-refractivity contribution in [3.63, 3.8) is 0 Å². The van der Waals surface area contributed by atoms with Crippen molar-refractivity contribution < 1.29 is 26.8 Å². The van der Waals surface area contributed by atoms with Gasteiger partial charge in [0.1, 0.15) is 11.5 Å². The minimum atomic E-state index is -3.78. The molecule has 0 N–H and O–H groups in total. The van der Waals surface area contributed by atoms with Crippen LogP contribution in [-0.2, 0) is 31.9 Å². The standard InChI is InChI=1S/C28H30O6S/c1-3-4-8-20-9-5-12-23-25(20)32-28-24-13-6-10-21(26(24)33-27(23)34-28)11-7-18-31-35(29,30)22-16-14-19(2)15-17-22/h5-6,9-10,12-17,27-28H,3-4,7-8,11,18H2,1-2H3. The van der Waals surface area contributed by atoms with Crippen molar-refractivity contribution in [1.29, 1.82) is 0 Å². The number of hydrogen-bond donors (Lipinski definition) is 0. The molecule has 2 bridgehead atoms. The molecule has 0 spiro atoms. The number of hydrogen-bond acceptors (Lipinski definition) is 6. The second-order valence-electron chi connectivity index (χ2n) is 9.00. The first-order valence-electron chi connectivity index (χ1n) is 12.1. The molecule has 35 heavy (non-hydrogen) atoms. The van der Waals surface area contributed by atoms with E-state index in [9.17, 15) is 8.42 Å². The molecule has 2 unspecified atom stereocenters. The summed E-state index contributed by atoms with van der Waals surface area (Å²) >= 11 is 0. The first-order chi connectivity index (χ1) is 17.0. The quantitative estimate of drug-likeness (QED) is 0.262. The molecule has 0 saturated heterocycles. The minimum absolute atomic E-state index is 0.0867. The predicted octanol–water partition coefficient (Wildman–Crippen LogP) is 6.17. The molecule has 0 saturated carbocycles. The molecule has 0 aliphatic carbocycles. The molecule has 2 heterocycles. The molecule has 6 nitrogen and oxygen atoms in total. The Hall–Kier alpha value is -2.87. The molecule has 0 aromatic heterocycles. The molecule has 0 fully saturated rings. The second kappa shape index (κ2) is 10.0. The van der Waals surface area contributed by atoms with Gasteiger partial charge in [0, 0.05) is 0 Å². The van der Waals surface area contributed by atoms with Gasteiger partial charge in [-0.15, -0.1) is 0 Å². The largest absolute Gasteiger partial charge is 0.459 e. The Morgan fingerprint density at radius 3 is 1.94 bits per heavy atom. The molecular weight excluding hydrogens is 464 g/mol. The van der Waals surface area contributed by atoms with Gasteiger partial charge >= 0.3 is 0 Å². The molecule has 3 aromatic carbocycles. The third-order valence-corrected chi connectivity index (χ3v) is 7.72. The van der Waals surface area contributed by atoms with Crippen LogP contribution in [0.25, 0.3) is 0 Å². The van der Waals surface area contributed by atoms with Crippen molar-refractivity contribution in [2.75, 3.05) is 6.61 Å². The Labute approximate surface area is 206 Å². The van der Waals surface area contributed by atoms with Gasteiger partial charge in [-0.3, -0.25) is 8.92 Å². The summed E-state index contributed by atoms with van der Waals surface area (Å²) in [6, 6.07) is 18.7. The first kappa shape index (κ1) is 23.9. The van der Waals surface area contributed by atoms with Crippen LogP contribution in [0.4, 0.5) is 0 Å². The number of para-hydroxylation sites is 2. The van der Waals surface area contributed by atoms with Crippen molar-refractivity contribution in [3.8, 4) is 11.5 Å². The molecule has 3 aromatic rings. The summed E-state index contributed by atoms with van der Waals surface area (Å²) in [5, 5.41) is 0. The van der Waals surface area contributed by atoms with Gasteiger partial charge in [0.2, 0.25) is 12.6 Å². The highest BCUT2D eigenvalue weighted by atomic mass is 32.2. The zero-order chi connectivity index (χ0) is 24.4. The van der Waals surface area contributed by atoms with Crippen LogP contribution >= 0.6 is 0 Å². The van der Waals surface area contributed by atoms with E-state index >= 15 is 0 Å². The highest BCUT2D eigenvalue weighted by Gasteiger charge is 2.39. The molecular formula is C28H30O6S. The Balaban J connectivity index is 1.28. The van der Waals surface area contributed by atoms with E-state index in [1.54, 1.807) is 24.3 Å². The molecule has 5 rings (SSSR count). The van der Waals surface area contributed by atoms with Crippen LogP contribution in [0, 0.1) is 6.92 Å². The van der Waals surface area contributed by atoms with E-state index in [2.05, 4.69) is 13.0 Å². The summed E-state index contributed by atoms with van der Waals surface area (Å²) in [6.07, 6.45) is 3.24. The van der Waals surface area contributed by atoms with E-state index < -0.39 is 22.7 Å². The van der Waals surface area contributed by atoms with Crippen LogP contribution in [0.15, 0.2) is 65.6 Å². The number of benzene rings is 3. The fourth-order valence-electron chi connectivity index (χ4n) is 4.49. The lowest BCUT2D eigenvalue weighted by Gasteiger charge is -2.39. The summed E-state index contributed by atoms with van der Waals surface area (Å²) in [4.78, 5) is 0.169. The normalized spacial score (nSPS) is 18.2. The second-order valence-corrected chi connectivity index (χ2v) is 10.6. The lowest BCUT2D eigenvalue weighted by molar-refractivity contribution is -0.228. The molecule has 7 heteroatoms. The van der Waals surface area contributed by atoms with E-state index in [0.29, 0.717) is 12.8 Å². The fourth-order valence-corrected chi connectivity index (χ4v) is 5.43. The van der Waals surface area contributed by atoms with E-state index in [1.807, 2.05) is 37.3 Å². The number of unbranched alkanes of at least 4 members (excludes halogenated alkanes) is 1. The fraction of sp³-hybridized carbons (Fsp3) is 0.357. The van der Waals surface area contributed by atoms with Crippen LogP contribution in [0.2, 0.25) is 0 Å². The maximum Gasteiger partial charge on any atom is 0.296 e. The van der Waals surface area contributed by atoms with Crippen LogP contribution in [-0.4, -0.2) is 15.0 Å². The molecule has 2 aliphatic rings. The van der Waals surface area contributed by atoms with Gasteiger partial charge in [-0.1, -0.05) is 55.3 Å². The van der Waals surface area contributed by atoms with E-state index in [1.165, 1.54) is 5.56 Å². The van der Waals surface area contributed by atoms with Gasteiger partial charge in [-0.25, -0.2) is 0 Å². The average Bonchev–Trinajstić information content (AvgIpc) is 2.86. The maximum atomic E-state index is 12.5. The van der Waals surface area contributed by atoms with Crippen LogP contribution in [0.5, 0.6) is 11.5 Å². The first-order valence-corrected chi connectivity index (χ1v) is 13.6. The maximum absolute atomic E-state index is 12.5. The highest BCUT2D eigenvalue weighted by molar-refractivity contribution is 7.86. The molecule has 0 radical (unpaired) electrons. The zero-order valence-corrected chi connectivity index (χ0v) is 20.8. The summed E-state index contributed by atoms with van der Waals surface area (Å²) < 4.78 is 48.9. The Bertz CT molecular complexity index is 1300. The van der Waals surface area contributed by atoms with Crippen molar-refractivity contribution in [2.45, 2.75) is 63.4 Å². The van der Waals surface area contributed by atoms with Crippen molar-refractivity contribution in [1.82, 2.24) is 0 Å². The lowest BCUT2D eigenvalue weighted by Crippen LogP contribution is -2.31. The molecule has 2 atom stereocenters. The third kappa shape index (κ3) is 4.94. The van der Waals surface area contributed by atoms with Crippen molar-refractivity contribution in [3.05, 3.63) is 88.5 Å². The Kier molecular flexibility index (Phi) is 6.82. The van der Waals surface area contributed by atoms with E-state index in [0.717, 1.165) is 53.0 Å². The summed E-state index contributed by atoms with van der Waals surface area (Å²) in [6.45, 7) is 4.18. The molecule has 2 aliphatic heterocycles. The van der Waals surface area contributed by atoms with Gasteiger partial charge in [0.25, 0.3) is 10.1 Å². The van der Waals surface area contributed by atoms with E-state index in [4.69, 9.17) is 18.4 Å². The number of ether oxygens (including phenoxy) is 3. The van der Waals surface area contributed by atoms with E-state index in [-0.39, 0.29) is 11.5 Å².